The van der Waals surface area contributed by atoms with Gasteiger partial charge in [0.1, 0.15) is 0 Å². The fourth-order valence-electron chi connectivity index (χ4n) is 3.03. The summed E-state index contributed by atoms with van der Waals surface area (Å²) in [6.07, 6.45) is 0. The average Bonchev–Trinajstić information content (AvgIpc) is 3.08. The normalized spacial score (nSPS) is 20.0. The van der Waals surface area contributed by atoms with Crippen LogP contribution < -0.4 is 0 Å². The summed E-state index contributed by atoms with van der Waals surface area (Å²) in [4.78, 5) is 5.87. The molecule has 2 aliphatic rings. The van der Waals surface area contributed by atoms with E-state index in [0.29, 0.717) is 9.16 Å². The summed E-state index contributed by atoms with van der Waals surface area (Å²) in [5.74, 6) is 0. The first-order valence-electron chi connectivity index (χ1n) is 8.07. The number of allylic oxidation sites excluding steroid dienone is 4. The summed E-state index contributed by atoms with van der Waals surface area (Å²) in [6, 6.07) is 13.7. The van der Waals surface area contributed by atoms with E-state index in [1.165, 1.54) is 41.5 Å². The summed E-state index contributed by atoms with van der Waals surface area (Å²) in [5, 5.41) is 2.84. The Balaban J connectivity index is 1.76. The Morgan fingerprint density at radius 2 is 0.875 bits per heavy atom. The lowest BCUT2D eigenvalue weighted by Crippen LogP contribution is -1.94. The van der Waals surface area contributed by atoms with Gasteiger partial charge in [0.2, 0.25) is 0 Å². The van der Waals surface area contributed by atoms with Crippen molar-refractivity contribution in [1.82, 2.24) is 0 Å². The first-order chi connectivity index (χ1) is 11.5. The van der Waals surface area contributed by atoms with Crippen molar-refractivity contribution in [2.75, 3.05) is 0 Å². The molecule has 2 heterocycles. The second-order valence-electron chi connectivity index (χ2n) is 6.15. The highest BCUT2D eigenvalue weighted by atomic mass is 32.2. The van der Waals surface area contributed by atoms with Crippen molar-refractivity contribution in [2.24, 2.45) is 0 Å². The quantitative estimate of drug-likeness (QED) is 0.507. The maximum atomic E-state index is 2.37. The first kappa shape index (κ1) is 17.0. The largest absolute Gasteiger partial charge is 0.110 e. The number of benzene rings is 2. The molecular formula is C20H20S4. The lowest BCUT2D eigenvalue weighted by molar-refractivity contribution is 1.37. The van der Waals surface area contributed by atoms with Gasteiger partial charge in [-0.25, -0.2) is 0 Å². The molecule has 124 valence electrons. The molecule has 0 bridgehead atoms. The van der Waals surface area contributed by atoms with Crippen molar-refractivity contribution < 1.29 is 0 Å². The van der Waals surface area contributed by atoms with Crippen LogP contribution in [0.25, 0.3) is 10.8 Å². The molecule has 4 heteroatoms. The molecule has 4 rings (SSSR count). The summed E-state index contributed by atoms with van der Waals surface area (Å²) < 4.78 is 0.990. The van der Waals surface area contributed by atoms with E-state index in [0.717, 1.165) is 0 Å². The van der Waals surface area contributed by atoms with E-state index in [4.69, 9.17) is 0 Å². The molecule has 0 aliphatic carbocycles. The number of rotatable bonds is 2. The highest BCUT2D eigenvalue weighted by Gasteiger charge is 2.27. The van der Waals surface area contributed by atoms with Gasteiger partial charge in [-0.15, -0.1) is 47.0 Å². The smallest absolute Gasteiger partial charge is 0.0845 e. The van der Waals surface area contributed by atoms with Gasteiger partial charge in [-0.05, 0) is 69.2 Å². The second-order valence-corrected chi connectivity index (χ2v) is 12.0. The Labute approximate surface area is 161 Å². The maximum absolute atomic E-state index is 2.37. The van der Waals surface area contributed by atoms with Crippen molar-refractivity contribution in [2.45, 2.75) is 36.9 Å². The van der Waals surface area contributed by atoms with Crippen molar-refractivity contribution in [3.63, 3.8) is 0 Å². The zero-order valence-corrected chi connectivity index (χ0v) is 17.5. The third-order valence-corrected chi connectivity index (χ3v) is 10.6. The van der Waals surface area contributed by atoms with Crippen LogP contribution in [-0.4, -0.2) is 0 Å². The lowest BCUT2D eigenvalue weighted by Gasteiger charge is -2.18. The molecule has 0 saturated carbocycles. The zero-order valence-electron chi connectivity index (χ0n) is 14.3. The van der Waals surface area contributed by atoms with Crippen LogP contribution >= 0.6 is 47.0 Å². The van der Waals surface area contributed by atoms with Crippen molar-refractivity contribution in [3.8, 4) is 0 Å². The highest BCUT2D eigenvalue weighted by molar-refractivity contribution is 8.23. The molecule has 24 heavy (non-hydrogen) atoms. The van der Waals surface area contributed by atoms with Crippen LogP contribution in [0.3, 0.4) is 0 Å². The minimum absolute atomic E-state index is 0.495. The molecule has 0 nitrogen and oxygen atoms in total. The molecule has 0 radical (unpaired) electrons. The van der Waals surface area contributed by atoms with E-state index in [1.54, 1.807) is 0 Å². The highest BCUT2D eigenvalue weighted by Crippen LogP contribution is 2.58. The molecule has 0 saturated heterocycles. The number of hydrogen-bond acceptors (Lipinski definition) is 4. The van der Waals surface area contributed by atoms with E-state index in [1.807, 2.05) is 47.0 Å². The van der Waals surface area contributed by atoms with E-state index in [9.17, 15) is 0 Å². The van der Waals surface area contributed by atoms with Gasteiger partial charge in [0, 0.05) is 0 Å². The molecule has 0 N–H and O–H groups in total. The number of hydrogen-bond donors (Lipinski definition) is 0. The Bertz CT molecular complexity index is 778. The number of thioether (sulfide) groups is 4. The molecule has 0 amide bonds. The lowest BCUT2D eigenvalue weighted by atomic mass is 10.0. The summed E-state index contributed by atoms with van der Waals surface area (Å²) in [6.45, 7) is 8.97. The Morgan fingerprint density at radius 3 is 1.21 bits per heavy atom. The predicted molar refractivity (Wildman–Crippen MR) is 117 cm³/mol. The molecule has 2 aliphatic heterocycles. The molecule has 2 aromatic carbocycles. The summed E-state index contributed by atoms with van der Waals surface area (Å²) in [5.41, 5.74) is 2.94. The summed E-state index contributed by atoms with van der Waals surface area (Å²) in [7, 11) is 0. The van der Waals surface area contributed by atoms with Crippen LogP contribution in [0.5, 0.6) is 0 Å². The Morgan fingerprint density at radius 1 is 0.542 bits per heavy atom. The van der Waals surface area contributed by atoms with Crippen molar-refractivity contribution >= 4 is 57.8 Å². The van der Waals surface area contributed by atoms with Gasteiger partial charge < -0.3 is 0 Å². The van der Waals surface area contributed by atoms with Gasteiger partial charge in [0.15, 0.2) is 0 Å². The minimum Gasteiger partial charge on any atom is -0.110 e. The van der Waals surface area contributed by atoms with E-state index in [2.05, 4.69) is 64.1 Å². The van der Waals surface area contributed by atoms with E-state index in [-0.39, 0.29) is 0 Å². The predicted octanol–water partition coefficient (Wildman–Crippen LogP) is 8.30. The monoisotopic (exact) mass is 388 g/mol. The molecule has 0 unspecified atom stereocenters. The fourth-order valence-corrected chi connectivity index (χ4v) is 9.01. The van der Waals surface area contributed by atoms with Gasteiger partial charge in [-0.2, -0.15) is 0 Å². The van der Waals surface area contributed by atoms with E-state index >= 15 is 0 Å². The maximum Gasteiger partial charge on any atom is 0.0845 e. The SMILES string of the molecule is CC1=C(C)SC(c2ccc(C3SC(C)=C(C)S3)c3ccccc23)S1. The third kappa shape index (κ3) is 2.96. The van der Waals surface area contributed by atoms with Crippen LogP contribution in [0.4, 0.5) is 0 Å². The van der Waals surface area contributed by atoms with Crippen molar-refractivity contribution in [1.29, 1.82) is 0 Å². The molecule has 2 aromatic rings. The third-order valence-electron chi connectivity index (χ3n) is 4.63. The molecule has 0 aromatic heterocycles. The zero-order chi connectivity index (χ0) is 16.8. The first-order valence-corrected chi connectivity index (χ1v) is 11.6. The van der Waals surface area contributed by atoms with Gasteiger partial charge in [0.25, 0.3) is 0 Å². The van der Waals surface area contributed by atoms with Gasteiger partial charge in [0.05, 0.1) is 9.16 Å². The summed E-state index contributed by atoms with van der Waals surface area (Å²) >= 11 is 8.02. The van der Waals surface area contributed by atoms with E-state index < -0.39 is 0 Å². The van der Waals surface area contributed by atoms with Crippen LogP contribution in [0.1, 0.15) is 48.0 Å². The Kier molecular flexibility index (Phi) is 4.76. The van der Waals surface area contributed by atoms with Gasteiger partial charge in [-0.3, -0.25) is 0 Å². The van der Waals surface area contributed by atoms with Gasteiger partial charge >= 0.3 is 0 Å². The standard InChI is InChI=1S/C20H20S4/c1-11-12(2)22-19(21-11)17-9-10-18(16-8-6-5-7-15(16)17)20-23-13(3)14(4)24-20/h5-10,19-20H,1-4H3. The van der Waals surface area contributed by atoms with Crippen LogP contribution in [0, 0.1) is 0 Å². The molecule has 0 fully saturated rings. The van der Waals surface area contributed by atoms with Gasteiger partial charge in [-0.1, -0.05) is 36.4 Å². The average molecular weight is 389 g/mol. The van der Waals surface area contributed by atoms with Crippen LogP contribution in [0.2, 0.25) is 0 Å². The topological polar surface area (TPSA) is 0 Å². The Hall–Kier alpha value is -0.420. The molecular weight excluding hydrogens is 368 g/mol. The van der Waals surface area contributed by atoms with Crippen molar-refractivity contribution in [3.05, 3.63) is 67.1 Å². The molecule has 0 spiro atoms. The van der Waals surface area contributed by atoms with Crippen LogP contribution in [-0.2, 0) is 0 Å². The minimum atomic E-state index is 0.495. The number of fused-ring (bicyclic) bond motifs is 1. The van der Waals surface area contributed by atoms with Crippen LogP contribution in [0.15, 0.2) is 56.0 Å². The molecule has 0 atom stereocenters. The fraction of sp³-hybridized carbons (Fsp3) is 0.300. The second kappa shape index (κ2) is 6.71.